The molecule has 1 rings (SSSR count). The van der Waals surface area contributed by atoms with Crippen molar-refractivity contribution in [3.05, 3.63) is 29.3 Å². The summed E-state index contributed by atoms with van der Waals surface area (Å²) in [4.78, 5) is 14.1. The van der Waals surface area contributed by atoms with E-state index in [2.05, 4.69) is 20.9 Å². The summed E-state index contributed by atoms with van der Waals surface area (Å²) in [6.07, 6.45) is -0.710. The van der Waals surface area contributed by atoms with E-state index in [1.165, 1.54) is 0 Å². The van der Waals surface area contributed by atoms with Crippen LogP contribution in [-0.4, -0.2) is 32.9 Å². The first kappa shape index (κ1) is 13.2. The van der Waals surface area contributed by atoms with Crippen molar-refractivity contribution in [1.82, 2.24) is 4.98 Å². The smallest absolute Gasteiger partial charge is 0.153 e. The molecule has 0 fully saturated rings. The maximum absolute atomic E-state index is 12.9. The number of aliphatic hydroxyl groups excluding tert-OH is 2. The van der Waals surface area contributed by atoms with Crippen LogP contribution >= 0.6 is 15.9 Å². The summed E-state index contributed by atoms with van der Waals surface area (Å²) in [6, 6.07) is 1.13. The molecular formula is C10H11BrFNO3. The van der Waals surface area contributed by atoms with E-state index >= 15 is 0 Å². The van der Waals surface area contributed by atoms with Gasteiger partial charge in [-0.3, -0.25) is 9.78 Å². The molecule has 0 aromatic carbocycles. The second kappa shape index (κ2) is 6.03. The number of halogens is 2. The van der Waals surface area contributed by atoms with Gasteiger partial charge in [0, 0.05) is 5.33 Å². The third-order valence-electron chi connectivity index (χ3n) is 2.11. The number of aromatic nitrogens is 1. The summed E-state index contributed by atoms with van der Waals surface area (Å²) in [5.41, 5.74) is -0.105. The fraction of sp³-hybridized carbons (Fsp3) is 0.400. The van der Waals surface area contributed by atoms with Crippen LogP contribution in [0.15, 0.2) is 12.3 Å². The van der Waals surface area contributed by atoms with Gasteiger partial charge in [0.15, 0.2) is 12.1 Å². The maximum atomic E-state index is 12.9. The Labute approximate surface area is 100 Å². The number of pyridine rings is 1. The zero-order chi connectivity index (χ0) is 12.1. The minimum Gasteiger partial charge on any atom is -0.390 e. The molecule has 4 nitrogen and oxygen atoms in total. The van der Waals surface area contributed by atoms with Crippen LogP contribution in [0.5, 0.6) is 0 Å². The van der Waals surface area contributed by atoms with Crippen molar-refractivity contribution in [1.29, 1.82) is 0 Å². The zero-order valence-corrected chi connectivity index (χ0v) is 9.89. The molecule has 2 unspecified atom stereocenters. The topological polar surface area (TPSA) is 70.4 Å². The van der Waals surface area contributed by atoms with Gasteiger partial charge in [0.25, 0.3) is 0 Å². The van der Waals surface area contributed by atoms with Gasteiger partial charge in [-0.15, -0.1) is 0 Å². The lowest BCUT2D eigenvalue weighted by Gasteiger charge is -2.16. The maximum Gasteiger partial charge on any atom is 0.153 e. The summed E-state index contributed by atoms with van der Waals surface area (Å²) in [7, 11) is 0. The van der Waals surface area contributed by atoms with Crippen molar-refractivity contribution in [3.8, 4) is 0 Å². The van der Waals surface area contributed by atoms with Gasteiger partial charge in [0.05, 0.1) is 23.6 Å². The Balaban J connectivity index is 2.91. The van der Waals surface area contributed by atoms with Crippen molar-refractivity contribution in [2.24, 2.45) is 0 Å². The number of rotatable bonds is 5. The third kappa shape index (κ3) is 3.07. The number of carbonyl (C=O) groups excluding carboxylic acids is 1. The number of aldehydes is 1. The molecule has 0 saturated heterocycles. The average Bonchev–Trinajstić information content (AvgIpc) is 2.29. The Hall–Kier alpha value is -0.850. The molecule has 2 N–H and O–H groups in total. The van der Waals surface area contributed by atoms with Crippen LogP contribution in [-0.2, 0) is 0 Å². The predicted octanol–water partition coefficient (Wildman–Crippen LogP) is 1.21. The standard InChI is InChI=1S/C10H11BrFNO3/c11-2-1-9(15)10(16)8-3-6(5-14)7(12)4-13-8/h3-5,9-10,15-16H,1-2H2. The highest BCUT2D eigenvalue weighted by atomic mass is 79.9. The monoisotopic (exact) mass is 291 g/mol. The van der Waals surface area contributed by atoms with Gasteiger partial charge >= 0.3 is 0 Å². The van der Waals surface area contributed by atoms with E-state index in [4.69, 9.17) is 0 Å². The lowest BCUT2D eigenvalue weighted by molar-refractivity contribution is 0.0147. The van der Waals surface area contributed by atoms with Crippen molar-refractivity contribution >= 4 is 22.2 Å². The number of hydrogen-bond donors (Lipinski definition) is 2. The van der Waals surface area contributed by atoms with E-state index < -0.39 is 18.0 Å². The molecule has 0 saturated carbocycles. The Kier molecular flexibility index (Phi) is 4.98. The largest absolute Gasteiger partial charge is 0.390 e. The molecule has 0 bridgehead atoms. The number of nitrogens with zero attached hydrogens (tertiary/aromatic N) is 1. The quantitative estimate of drug-likeness (QED) is 0.632. The SMILES string of the molecule is O=Cc1cc(C(O)C(O)CCBr)ncc1F. The molecular weight excluding hydrogens is 281 g/mol. The van der Waals surface area contributed by atoms with Gasteiger partial charge in [-0.2, -0.15) is 0 Å². The van der Waals surface area contributed by atoms with Crippen molar-refractivity contribution in [2.45, 2.75) is 18.6 Å². The van der Waals surface area contributed by atoms with Crippen LogP contribution < -0.4 is 0 Å². The fourth-order valence-corrected chi connectivity index (χ4v) is 1.66. The molecule has 1 aromatic rings. The number of carbonyl (C=O) groups is 1. The minimum absolute atomic E-state index is 0.0805. The van der Waals surface area contributed by atoms with Crippen molar-refractivity contribution in [2.75, 3.05) is 5.33 Å². The molecule has 1 aromatic heterocycles. The summed E-state index contributed by atoms with van der Waals surface area (Å²) in [6.45, 7) is 0. The fourth-order valence-electron chi connectivity index (χ4n) is 1.19. The first-order chi connectivity index (χ1) is 7.60. The lowest BCUT2D eigenvalue weighted by Crippen LogP contribution is -2.20. The van der Waals surface area contributed by atoms with Gasteiger partial charge in [-0.1, -0.05) is 15.9 Å². The molecule has 88 valence electrons. The second-order valence-electron chi connectivity index (χ2n) is 3.24. The van der Waals surface area contributed by atoms with Crippen LogP contribution in [0.4, 0.5) is 4.39 Å². The second-order valence-corrected chi connectivity index (χ2v) is 4.03. The first-order valence-corrected chi connectivity index (χ1v) is 5.75. The van der Waals surface area contributed by atoms with Crippen molar-refractivity contribution < 1.29 is 19.4 Å². The Morgan fingerprint density at radius 2 is 2.25 bits per heavy atom. The van der Waals surface area contributed by atoms with Crippen LogP contribution in [0.25, 0.3) is 0 Å². The van der Waals surface area contributed by atoms with E-state index in [1.54, 1.807) is 0 Å². The Morgan fingerprint density at radius 3 is 2.81 bits per heavy atom. The van der Waals surface area contributed by atoms with Gasteiger partial charge < -0.3 is 10.2 Å². The molecule has 0 aliphatic rings. The summed E-state index contributed by atoms with van der Waals surface area (Å²) in [5.74, 6) is -0.749. The molecule has 0 spiro atoms. The normalized spacial score (nSPS) is 14.5. The minimum atomic E-state index is -1.23. The van der Waals surface area contributed by atoms with Crippen LogP contribution in [0.2, 0.25) is 0 Å². The van der Waals surface area contributed by atoms with E-state index in [0.717, 1.165) is 12.3 Å². The summed E-state index contributed by atoms with van der Waals surface area (Å²) in [5, 5.41) is 19.7. The van der Waals surface area contributed by atoms with Gasteiger partial charge in [0.2, 0.25) is 0 Å². The molecule has 0 amide bonds. The Morgan fingerprint density at radius 1 is 1.56 bits per heavy atom. The van der Waals surface area contributed by atoms with Gasteiger partial charge in [-0.05, 0) is 12.5 Å². The highest BCUT2D eigenvalue weighted by Crippen LogP contribution is 2.19. The molecule has 0 radical (unpaired) electrons. The predicted molar refractivity (Wildman–Crippen MR) is 59.0 cm³/mol. The molecule has 0 aliphatic carbocycles. The van der Waals surface area contributed by atoms with Crippen molar-refractivity contribution in [3.63, 3.8) is 0 Å². The highest BCUT2D eigenvalue weighted by molar-refractivity contribution is 9.09. The van der Waals surface area contributed by atoms with Crippen LogP contribution in [0, 0.1) is 5.82 Å². The summed E-state index contributed by atoms with van der Waals surface area (Å²) >= 11 is 3.12. The third-order valence-corrected chi connectivity index (χ3v) is 2.56. The average molecular weight is 292 g/mol. The molecule has 2 atom stereocenters. The van der Waals surface area contributed by atoms with Crippen LogP contribution in [0.1, 0.15) is 28.6 Å². The lowest BCUT2D eigenvalue weighted by atomic mass is 10.1. The molecule has 6 heteroatoms. The van der Waals surface area contributed by atoms with Gasteiger partial charge in [-0.25, -0.2) is 4.39 Å². The molecule has 0 aliphatic heterocycles. The first-order valence-electron chi connectivity index (χ1n) is 4.63. The molecule has 16 heavy (non-hydrogen) atoms. The summed E-state index contributed by atoms with van der Waals surface area (Å²) < 4.78 is 12.9. The number of hydrogen-bond acceptors (Lipinski definition) is 4. The van der Waals surface area contributed by atoms with E-state index in [9.17, 15) is 19.4 Å². The van der Waals surface area contributed by atoms with E-state index in [0.29, 0.717) is 18.0 Å². The van der Waals surface area contributed by atoms with Gasteiger partial charge in [0.1, 0.15) is 6.10 Å². The zero-order valence-electron chi connectivity index (χ0n) is 8.31. The highest BCUT2D eigenvalue weighted by Gasteiger charge is 2.20. The number of alkyl halides is 1. The van der Waals surface area contributed by atoms with E-state index in [-0.39, 0.29) is 11.3 Å². The van der Waals surface area contributed by atoms with E-state index in [1.807, 2.05) is 0 Å². The Bertz CT molecular complexity index is 375. The number of aliphatic hydroxyl groups is 2. The molecule has 1 heterocycles. The van der Waals surface area contributed by atoms with Crippen LogP contribution in [0.3, 0.4) is 0 Å².